The van der Waals surface area contributed by atoms with Crippen LogP contribution in [0, 0.1) is 0 Å². The summed E-state index contributed by atoms with van der Waals surface area (Å²) in [7, 11) is 1.99. The molecule has 0 spiro atoms. The van der Waals surface area contributed by atoms with Gasteiger partial charge >= 0.3 is 183 Å². The minimum atomic E-state index is -0.936. The third kappa shape index (κ3) is 6.35. The van der Waals surface area contributed by atoms with E-state index < -0.39 is 12.0 Å². The molecule has 1 fully saturated rings. The Labute approximate surface area is 199 Å². The number of carbonyl (C=O) groups is 2. The Balaban J connectivity index is 1.58. The van der Waals surface area contributed by atoms with Gasteiger partial charge in [0.2, 0.25) is 0 Å². The second kappa shape index (κ2) is 11.2. The number of rotatable bonds is 8. The maximum absolute atomic E-state index is 13.3. The molecule has 1 aromatic rings. The van der Waals surface area contributed by atoms with Crippen molar-refractivity contribution in [1.82, 2.24) is 9.80 Å². The van der Waals surface area contributed by atoms with Gasteiger partial charge in [0.1, 0.15) is 5.83 Å². The van der Waals surface area contributed by atoms with E-state index in [0.29, 0.717) is 45.2 Å². The number of likely N-dealkylation sites (tertiary alicyclic amines) is 1. The van der Waals surface area contributed by atoms with Crippen molar-refractivity contribution in [3.05, 3.63) is 71.6 Å². The summed E-state index contributed by atoms with van der Waals surface area (Å²) in [6.07, 6.45) is 9.65. The number of halogens is 1. The normalized spacial score (nSPS) is 22.1. The summed E-state index contributed by atoms with van der Waals surface area (Å²) in [5.41, 5.74) is 2.05. The molecule has 2 aliphatic rings. The number of amides is 1. The van der Waals surface area contributed by atoms with E-state index in [-0.39, 0.29) is 21.3 Å². The van der Waals surface area contributed by atoms with Gasteiger partial charge in [-0.2, -0.15) is 0 Å². The molecule has 3 radical (unpaired) electrons. The second-order valence-electron chi connectivity index (χ2n) is 8.12. The van der Waals surface area contributed by atoms with Crippen LogP contribution in [0.25, 0.3) is 0 Å². The van der Waals surface area contributed by atoms with Crippen LogP contribution < -0.4 is 0 Å². The third-order valence-corrected chi connectivity index (χ3v) is 8.21. The van der Waals surface area contributed by atoms with Crippen LogP contribution in [-0.4, -0.2) is 84.8 Å². The van der Waals surface area contributed by atoms with Gasteiger partial charge < -0.3 is 0 Å². The van der Waals surface area contributed by atoms with Crippen LogP contribution in [0.3, 0.4) is 0 Å². The molecular formula is C24H28FN2O3Pb. The molecule has 0 bridgehead atoms. The van der Waals surface area contributed by atoms with E-state index in [4.69, 9.17) is 0 Å². The van der Waals surface area contributed by atoms with E-state index in [1.54, 1.807) is 4.90 Å². The number of carboxylic acid groups (broad SMARTS) is 1. The van der Waals surface area contributed by atoms with Crippen LogP contribution in [0.2, 0.25) is 0 Å². The number of allylic oxidation sites excluding steroid dienone is 6. The van der Waals surface area contributed by atoms with E-state index in [1.807, 2.05) is 55.6 Å². The summed E-state index contributed by atoms with van der Waals surface area (Å²) < 4.78 is 13.1. The zero-order valence-corrected chi connectivity index (χ0v) is 21.6. The number of carboxylic acids is 1. The molecule has 1 aromatic carbocycles. The van der Waals surface area contributed by atoms with Gasteiger partial charge in [0.15, 0.2) is 0 Å². The van der Waals surface area contributed by atoms with Gasteiger partial charge in [-0.15, -0.1) is 0 Å². The summed E-state index contributed by atoms with van der Waals surface area (Å²) in [6.45, 7) is 1.23. The SMILES string of the molecule is CN(CCCC1=CC=C(F)CC=C1)C1CC(C(=O)O)N(C(=O)[CH]([Pb])c2ccccc2)C1. The number of carbonyl (C=O) groups excluding carboxylic acids is 1. The Bertz CT molecular complexity index is 884. The molecular weight excluding hydrogens is 590 g/mol. The summed E-state index contributed by atoms with van der Waals surface area (Å²) in [5.74, 6) is -1.15. The summed E-state index contributed by atoms with van der Waals surface area (Å²) in [4.78, 5) is 28.7. The van der Waals surface area contributed by atoms with Gasteiger partial charge in [-0.05, 0) is 0 Å². The number of hydrogen-bond acceptors (Lipinski definition) is 3. The molecule has 0 aromatic heterocycles. The average Bonchev–Trinajstić information content (AvgIpc) is 3.12. The zero-order valence-electron chi connectivity index (χ0n) is 17.7. The fraction of sp³-hybridized carbons (Fsp3) is 0.417. The van der Waals surface area contributed by atoms with E-state index in [0.717, 1.165) is 30.5 Å². The molecule has 1 saturated heterocycles. The van der Waals surface area contributed by atoms with Crippen molar-refractivity contribution in [1.29, 1.82) is 0 Å². The van der Waals surface area contributed by atoms with Crippen molar-refractivity contribution in [3.63, 3.8) is 0 Å². The van der Waals surface area contributed by atoms with Crippen LogP contribution in [0.5, 0.6) is 0 Å². The van der Waals surface area contributed by atoms with Gasteiger partial charge in [0.05, 0.1) is 0 Å². The van der Waals surface area contributed by atoms with Crippen LogP contribution in [-0.2, 0) is 9.59 Å². The van der Waals surface area contributed by atoms with E-state index >= 15 is 0 Å². The Morgan fingerprint density at radius 3 is 2.74 bits per heavy atom. The Morgan fingerprint density at radius 1 is 1.29 bits per heavy atom. The molecule has 3 unspecified atom stereocenters. The first-order chi connectivity index (χ1) is 14.9. The molecule has 7 heteroatoms. The van der Waals surface area contributed by atoms with E-state index in [2.05, 4.69) is 4.90 Å². The Kier molecular flexibility index (Phi) is 8.60. The van der Waals surface area contributed by atoms with Gasteiger partial charge in [0.25, 0.3) is 0 Å². The average molecular weight is 619 g/mol. The van der Waals surface area contributed by atoms with Crippen molar-refractivity contribution in [2.24, 2.45) is 0 Å². The van der Waals surface area contributed by atoms with Gasteiger partial charge in [-0.3, -0.25) is 0 Å². The molecule has 1 amide bonds. The predicted molar refractivity (Wildman–Crippen MR) is 119 cm³/mol. The van der Waals surface area contributed by atoms with Crippen LogP contribution in [0.4, 0.5) is 4.39 Å². The van der Waals surface area contributed by atoms with E-state index in [1.165, 1.54) is 6.08 Å². The molecule has 3 atom stereocenters. The van der Waals surface area contributed by atoms with Crippen molar-refractivity contribution in [2.75, 3.05) is 20.1 Å². The Morgan fingerprint density at radius 2 is 2.03 bits per heavy atom. The number of aliphatic carboxylic acids is 1. The standard InChI is InChI=1S/C24H28FN2O3.Pb/c1-26(14-6-10-18-9-5-11-20(25)13-12-18)21-16-22(24(29)30)27(17-21)23(28)15-19-7-3-2-4-8-19;/h2-5,7-9,12-13,15,21-22H,6,10-11,14,16-17H2,1H3,(H,29,30);. The molecule has 1 N–H and O–H groups in total. The molecule has 1 heterocycles. The summed E-state index contributed by atoms with van der Waals surface area (Å²) in [6, 6.07) is 8.84. The van der Waals surface area contributed by atoms with Crippen molar-refractivity contribution in [3.8, 4) is 0 Å². The topological polar surface area (TPSA) is 60.9 Å². The van der Waals surface area contributed by atoms with Crippen molar-refractivity contribution in [2.45, 2.75) is 41.2 Å². The van der Waals surface area contributed by atoms with Gasteiger partial charge in [0, 0.05) is 6.42 Å². The second-order valence-corrected chi connectivity index (χ2v) is 10.4. The van der Waals surface area contributed by atoms with Crippen LogP contribution in [0.15, 0.2) is 66.0 Å². The third-order valence-electron chi connectivity index (χ3n) is 5.95. The number of benzene rings is 1. The molecule has 3 rings (SSSR count). The molecule has 1 aliphatic carbocycles. The molecule has 31 heavy (non-hydrogen) atoms. The van der Waals surface area contributed by atoms with E-state index in [9.17, 15) is 19.1 Å². The molecule has 1 aliphatic heterocycles. The number of likely N-dealkylation sites (N-methyl/N-ethyl adjacent to an activating group) is 1. The first kappa shape index (κ1) is 23.8. The number of hydrogen-bond donors (Lipinski definition) is 1. The molecule has 163 valence electrons. The van der Waals surface area contributed by atoms with Gasteiger partial charge in [-0.1, -0.05) is 0 Å². The maximum atomic E-state index is 13.3. The predicted octanol–water partition coefficient (Wildman–Crippen LogP) is 3.40. The fourth-order valence-corrected chi connectivity index (χ4v) is 5.48. The van der Waals surface area contributed by atoms with Crippen molar-refractivity contribution >= 4 is 37.6 Å². The zero-order chi connectivity index (χ0) is 22.4. The number of nitrogens with zero attached hydrogens (tertiary/aromatic N) is 2. The fourth-order valence-electron chi connectivity index (χ4n) is 4.09. The van der Waals surface area contributed by atoms with Crippen LogP contribution >= 0.6 is 0 Å². The Hall–Kier alpha value is -1.81. The first-order valence-corrected chi connectivity index (χ1v) is 12.8. The molecule has 5 nitrogen and oxygen atoms in total. The molecule has 0 saturated carbocycles. The monoisotopic (exact) mass is 619 g/mol. The minimum absolute atomic E-state index is 0.0192. The first-order valence-electron chi connectivity index (χ1n) is 10.6. The van der Waals surface area contributed by atoms with Crippen LogP contribution in [0.1, 0.15) is 34.7 Å². The van der Waals surface area contributed by atoms with Gasteiger partial charge in [-0.25, -0.2) is 4.39 Å². The summed E-state index contributed by atoms with van der Waals surface area (Å²) >= 11 is 0.634. The summed E-state index contributed by atoms with van der Waals surface area (Å²) in [5, 5.41) is 9.73. The van der Waals surface area contributed by atoms with Crippen molar-refractivity contribution < 1.29 is 19.1 Å². The quantitative estimate of drug-likeness (QED) is 0.454.